The van der Waals surface area contributed by atoms with Crippen LogP contribution in [0, 0.1) is 5.92 Å². The first kappa shape index (κ1) is 17.0. The second kappa shape index (κ2) is 7.29. The van der Waals surface area contributed by atoms with Gasteiger partial charge in [0.15, 0.2) is 0 Å². The Kier molecular flexibility index (Phi) is 5.91. The largest absolute Gasteiger partial charge is 0.401 e. The van der Waals surface area contributed by atoms with E-state index in [4.69, 9.17) is 0 Å². The van der Waals surface area contributed by atoms with Crippen LogP contribution in [0.5, 0.6) is 0 Å². The second-order valence-electron chi connectivity index (χ2n) is 6.82. The predicted molar refractivity (Wildman–Crippen MR) is 78.3 cm³/mol. The normalized spacial score (nSPS) is 26.9. The van der Waals surface area contributed by atoms with Crippen LogP contribution in [0.25, 0.3) is 0 Å². The van der Waals surface area contributed by atoms with Crippen molar-refractivity contribution >= 4 is 0 Å². The average Bonchev–Trinajstić information content (AvgIpc) is 2.85. The van der Waals surface area contributed by atoms with Gasteiger partial charge in [-0.2, -0.15) is 13.2 Å². The van der Waals surface area contributed by atoms with Crippen molar-refractivity contribution in [3.63, 3.8) is 0 Å². The molecule has 0 aromatic rings. The predicted octanol–water partition coefficient (Wildman–Crippen LogP) is 2.33. The molecule has 2 fully saturated rings. The van der Waals surface area contributed by atoms with Crippen molar-refractivity contribution in [3.8, 4) is 0 Å². The maximum Gasteiger partial charge on any atom is 0.401 e. The van der Waals surface area contributed by atoms with Crippen molar-refractivity contribution in [3.05, 3.63) is 0 Å². The van der Waals surface area contributed by atoms with Crippen LogP contribution >= 0.6 is 0 Å². The molecule has 0 radical (unpaired) electrons. The fourth-order valence-corrected chi connectivity index (χ4v) is 3.38. The lowest BCUT2D eigenvalue weighted by Gasteiger charge is -2.33. The summed E-state index contributed by atoms with van der Waals surface area (Å²) in [6.45, 7) is 8.14. The molecule has 0 saturated carbocycles. The lowest BCUT2D eigenvalue weighted by molar-refractivity contribution is -0.148. The molecule has 2 rings (SSSR count). The van der Waals surface area contributed by atoms with Crippen LogP contribution in [-0.2, 0) is 0 Å². The number of nitrogens with one attached hydrogen (secondary N) is 1. The minimum absolute atomic E-state index is 0.391. The van der Waals surface area contributed by atoms with Gasteiger partial charge < -0.3 is 10.2 Å². The molecule has 1 N–H and O–H groups in total. The van der Waals surface area contributed by atoms with Gasteiger partial charge in [-0.3, -0.25) is 4.90 Å². The van der Waals surface area contributed by atoms with Crippen LogP contribution in [0.2, 0.25) is 0 Å². The summed E-state index contributed by atoms with van der Waals surface area (Å²) in [7, 11) is 0. The van der Waals surface area contributed by atoms with Crippen molar-refractivity contribution in [1.82, 2.24) is 15.1 Å². The molecule has 6 heteroatoms. The molecule has 2 aliphatic heterocycles. The maximum absolute atomic E-state index is 12.3. The molecule has 2 aliphatic rings. The van der Waals surface area contributed by atoms with Crippen LogP contribution in [-0.4, -0.2) is 67.3 Å². The van der Waals surface area contributed by atoms with Crippen molar-refractivity contribution in [2.24, 2.45) is 5.92 Å². The smallest absolute Gasteiger partial charge is 0.314 e. The molecule has 21 heavy (non-hydrogen) atoms. The van der Waals surface area contributed by atoms with Crippen LogP contribution < -0.4 is 5.32 Å². The van der Waals surface area contributed by atoms with Gasteiger partial charge in [0.2, 0.25) is 0 Å². The molecule has 3 nitrogen and oxygen atoms in total. The topological polar surface area (TPSA) is 18.5 Å². The first-order valence-corrected chi connectivity index (χ1v) is 8.10. The Morgan fingerprint density at radius 2 is 1.76 bits per heavy atom. The first-order valence-electron chi connectivity index (χ1n) is 8.10. The zero-order valence-electron chi connectivity index (χ0n) is 13.1. The Morgan fingerprint density at radius 1 is 1.10 bits per heavy atom. The van der Waals surface area contributed by atoms with Gasteiger partial charge in [0.1, 0.15) is 0 Å². The molecule has 0 bridgehead atoms. The van der Waals surface area contributed by atoms with Gasteiger partial charge in [0.25, 0.3) is 0 Å². The molecule has 0 aromatic carbocycles. The zero-order chi connectivity index (χ0) is 15.5. The number of hydrogen-bond acceptors (Lipinski definition) is 3. The quantitative estimate of drug-likeness (QED) is 0.841. The number of hydrogen-bond donors (Lipinski definition) is 1. The summed E-state index contributed by atoms with van der Waals surface area (Å²) in [4.78, 5) is 4.02. The summed E-state index contributed by atoms with van der Waals surface area (Å²) in [6, 6.07) is 1.00. The van der Waals surface area contributed by atoms with Crippen molar-refractivity contribution in [1.29, 1.82) is 0 Å². The highest BCUT2D eigenvalue weighted by molar-refractivity contribution is 4.83. The van der Waals surface area contributed by atoms with E-state index >= 15 is 0 Å². The maximum atomic E-state index is 12.3. The van der Waals surface area contributed by atoms with Gasteiger partial charge in [0.05, 0.1) is 6.54 Å². The molecule has 1 atom stereocenters. The van der Waals surface area contributed by atoms with Gasteiger partial charge in [-0.05, 0) is 65.2 Å². The Morgan fingerprint density at radius 3 is 2.29 bits per heavy atom. The lowest BCUT2D eigenvalue weighted by atomic mass is 10.0. The fourth-order valence-electron chi connectivity index (χ4n) is 3.38. The van der Waals surface area contributed by atoms with Crippen LogP contribution in [0.4, 0.5) is 13.2 Å². The fraction of sp³-hybridized carbons (Fsp3) is 1.00. The van der Waals surface area contributed by atoms with E-state index in [-0.39, 0.29) is 0 Å². The van der Waals surface area contributed by atoms with Crippen LogP contribution in [0.1, 0.15) is 33.1 Å². The molecule has 0 aromatic heterocycles. The van der Waals surface area contributed by atoms with E-state index in [0.717, 1.165) is 25.9 Å². The lowest BCUT2D eigenvalue weighted by Crippen LogP contribution is -2.46. The first-order chi connectivity index (χ1) is 9.83. The Balaban J connectivity index is 1.61. The van der Waals surface area contributed by atoms with Crippen LogP contribution in [0.15, 0.2) is 0 Å². The third-order valence-corrected chi connectivity index (χ3v) is 4.73. The van der Waals surface area contributed by atoms with E-state index in [1.165, 1.54) is 17.9 Å². The third kappa shape index (κ3) is 5.75. The standard InChI is InChI=1S/C15H28F3N3/c1-12(2)21-8-3-13(10-21)9-19-14-4-6-20(7-5-14)11-15(16,17)18/h12-14,19H,3-11H2,1-2H3. The molecular formula is C15H28F3N3. The SMILES string of the molecule is CC(C)N1CCC(CNC2CCN(CC(F)(F)F)CC2)C1. The third-order valence-electron chi connectivity index (χ3n) is 4.73. The minimum atomic E-state index is -4.07. The molecule has 0 amide bonds. The van der Waals surface area contributed by atoms with Gasteiger partial charge in [-0.25, -0.2) is 0 Å². The Bertz CT molecular complexity index is 312. The van der Waals surface area contributed by atoms with Gasteiger partial charge >= 0.3 is 6.18 Å². The summed E-state index contributed by atoms with van der Waals surface area (Å²) >= 11 is 0. The summed E-state index contributed by atoms with van der Waals surface area (Å²) < 4.78 is 37.0. The zero-order valence-corrected chi connectivity index (χ0v) is 13.1. The minimum Gasteiger partial charge on any atom is -0.314 e. The highest BCUT2D eigenvalue weighted by Gasteiger charge is 2.32. The molecule has 1 unspecified atom stereocenters. The molecule has 2 heterocycles. The number of piperidine rings is 1. The Labute approximate surface area is 125 Å². The Hall–Kier alpha value is -0.330. The van der Waals surface area contributed by atoms with Gasteiger partial charge in [-0.1, -0.05) is 0 Å². The highest BCUT2D eigenvalue weighted by Crippen LogP contribution is 2.21. The van der Waals surface area contributed by atoms with E-state index in [1.807, 2.05) is 0 Å². The van der Waals surface area contributed by atoms with Gasteiger partial charge in [-0.15, -0.1) is 0 Å². The van der Waals surface area contributed by atoms with Crippen molar-refractivity contribution in [2.75, 3.05) is 39.3 Å². The van der Waals surface area contributed by atoms with E-state index < -0.39 is 12.7 Å². The molecule has 124 valence electrons. The highest BCUT2D eigenvalue weighted by atomic mass is 19.4. The number of nitrogens with zero attached hydrogens (tertiary/aromatic N) is 2. The number of halogens is 3. The molecular weight excluding hydrogens is 279 g/mol. The second-order valence-corrected chi connectivity index (χ2v) is 6.82. The van der Waals surface area contributed by atoms with E-state index in [0.29, 0.717) is 31.1 Å². The van der Waals surface area contributed by atoms with Gasteiger partial charge in [0, 0.05) is 18.6 Å². The number of likely N-dealkylation sites (tertiary alicyclic amines) is 2. The average molecular weight is 307 g/mol. The summed E-state index contributed by atoms with van der Waals surface area (Å²) in [5, 5.41) is 3.57. The van der Waals surface area contributed by atoms with Crippen molar-refractivity contribution < 1.29 is 13.2 Å². The van der Waals surface area contributed by atoms with E-state index in [9.17, 15) is 13.2 Å². The number of alkyl halides is 3. The molecule has 0 spiro atoms. The summed E-state index contributed by atoms with van der Waals surface area (Å²) in [5.74, 6) is 0.695. The van der Waals surface area contributed by atoms with Crippen LogP contribution in [0.3, 0.4) is 0 Å². The van der Waals surface area contributed by atoms with E-state index in [2.05, 4.69) is 24.1 Å². The number of rotatable bonds is 5. The van der Waals surface area contributed by atoms with Crippen molar-refractivity contribution in [2.45, 2.75) is 51.4 Å². The molecule has 0 aliphatic carbocycles. The molecule has 2 saturated heterocycles. The van der Waals surface area contributed by atoms with E-state index in [1.54, 1.807) is 0 Å². The summed E-state index contributed by atoms with van der Waals surface area (Å²) in [6.07, 6.45) is -1.17. The monoisotopic (exact) mass is 307 g/mol. The summed E-state index contributed by atoms with van der Waals surface area (Å²) in [5.41, 5.74) is 0.